The van der Waals surface area contributed by atoms with E-state index in [2.05, 4.69) is 19.6 Å². The highest BCUT2D eigenvalue weighted by molar-refractivity contribution is 7.97. The summed E-state index contributed by atoms with van der Waals surface area (Å²) < 4.78 is 0. The summed E-state index contributed by atoms with van der Waals surface area (Å²) >= 11 is 8.56. The number of thiol groups is 1. The van der Waals surface area contributed by atoms with Crippen LogP contribution in [0, 0.1) is 0 Å². The van der Waals surface area contributed by atoms with Gasteiger partial charge in [0.05, 0.1) is 0 Å². The maximum absolute atomic E-state index is 10.8. The molecule has 0 fully saturated rings. The molecule has 0 saturated heterocycles. The molecule has 0 heterocycles. The quantitative estimate of drug-likeness (QED) is 0.323. The maximum atomic E-state index is 10.8. The van der Waals surface area contributed by atoms with E-state index in [1.165, 1.54) is 44.9 Å². The van der Waals surface area contributed by atoms with Crippen LogP contribution in [0.3, 0.4) is 0 Å². The zero-order valence-corrected chi connectivity index (χ0v) is 13.1. The first kappa shape index (κ1) is 18.1. The third-order valence-electron chi connectivity index (χ3n) is 3.07. The van der Waals surface area contributed by atoms with Crippen molar-refractivity contribution in [1.29, 1.82) is 0 Å². The van der Waals surface area contributed by atoms with Gasteiger partial charge in [-0.05, 0) is 12.8 Å². The molecule has 2 nitrogen and oxygen atoms in total. The predicted octanol–water partition coefficient (Wildman–Crippen LogP) is 4.09. The molecule has 0 aliphatic heterocycles. The van der Waals surface area contributed by atoms with Gasteiger partial charge in [0.2, 0.25) is 5.12 Å². The first-order valence-electron chi connectivity index (χ1n) is 7.03. The summed E-state index contributed by atoms with van der Waals surface area (Å²) in [6.07, 6.45) is 10.8. The lowest BCUT2D eigenvalue weighted by Crippen LogP contribution is -2.24. The Kier molecular flexibility index (Phi) is 12.2. The summed E-state index contributed by atoms with van der Waals surface area (Å²) in [6.45, 7) is 2.23. The fourth-order valence-corrected chi connectivity index (χ4v) is 2.38. The van der Waals surface area contributed by atoms with E-state index in [4.69, 9.17) is 12.2 Å². The van der Waals surface area contributed by atoms with Crippen LogP contribution in [0.4, 0.5) is 0 Å². The minimum Gasteiger partial charge on any atom is -0.379 e. The Morgan fingerprint density at radius 1 is 1.06 bits per heavy atom. The molecule has 0 aromatic carbocycles. The highest BCUT2D eigenvalue weighted by atomic mass is 32.1. The van der Waals surface area contributed by atoms with E-state index in [9.17, 15) is 9.90 Å². The van der Waals surface area contributed by atoms with Crippen LogP contribution in [-0.2, 0) is 4.79 Å². The average molecular weight is 290 g/mol. The van der Waals surface area contributed by atoms with E-state index < -0.39 is 11.2 Å². The number of rotatable bonds is 12. The monoisotopic (exact) mass is 290 g/mol. The highest BCUT2D eigenvalue weighted by Gasteiger charge is 2.15. The summed E-state index contributed by atoms with van der Waals surface area (Å²) in [5.41, 5.74) is 0. The molecular weight excluding hydrogens is 264 g/mol. The Hall–Kier alpha value is 0.0700. The second-order valence-corrected chi connectivity index (χ2v) is 5.75. The van der Waals surface area contributed by atoms with Gasteiger partial charge in [-0.25, -0.2) is 0 Å². The molecule has 0 aromatic rings. The Labute approximate surface area is 122 Å². The lowest BCUT2D eigenvalue weighted by Gasteiger charge is -2.07. The van der Waals surface area contributed by atoms with Crippen LogP contribution in [0.5, 0.6) is 0 Å². The van der Waals surface area contributed by atoms with E-state index >= 15 is 0 Å². The molecule has 0 radical (unpaired) electrons. The van der Waals surface area contributed by atoms with Gasteiger partial charge in [-0.1, -0.05) is 70.5 Å². The lowest BCUT2D eigenvalue weighted by atomic mass is 10.0. The largest absolute Gasteiger partial charge is 0.379 e. The summed E-state index contributed by atoms with van der Waals surface area (Å²) in [6, 6.07) is 0. The van der Waals surface area contributed by atoms with Crippen molar-refractivity contribution in [3.05, 3.63) is 0 Å². The fraction of sp³-hybridized carbons (Fsp3) is 0.857. The van der Waals surface area contributed by atoms with E-state index in [0.29, 0.717) is 11.3 Å². The number of hydrogen-bond acceptors (Lipinski definition) is 3. The van der Waals surface area contributed by atoms with E-state index in [-0.39, 0.29) is 0 Å². The third kappa shape index (κ3) is 10.0. The Morgan fingerprint density at radius 2 is 1.50 bits per heavy atom. The van der Waals surface area contributed by atoms with E-state index in [1.807, 2.05) is 0 Å². The van der Waals surface area contributed by atoms with Crippen molar-refractivity contribution < 1.29 is 9.90 Å². The SMILES string of the molecule is CCCCCCCCCCCC(=S)[C@@H](O)C(=O)S. The Morgan fingerprint density at radius 3 is 1.94 bits per heavy atom. The lowest BCUT2D eigenvalue weighted by molar-refractivity contribution is -0.115. The molecule has 0 spiro atoms. The van der Waals surface area contributed by atoms with Crippen LogP contribution in [0.1, 0.15) is 71.1 Å². The normalized spacial score (nSPS) is 12.4. The van der Waals surface area contributed by atoms with Gasteiger partial charge in [0, 0.05) is 4.86 Å². The van der Waals surface area contributed by atoms with Crippen LogP contribution < -0.4 is 0 Å². The van der Waals surface area contributed by atoms with Gasteiger partial charge in [0.15, 0.2) is 6.10 Å². The summed E-state index contributed by atoms with van der Waals surface area (Å²) in [5.74, 6) is 0. The van der Waals surface area contributed by atoms with Crippen molar-refractivity contribution in [2.45, 2.75) is 77.2 Å². The average Bonchev–Trinajstić information content (AvgIpc) is 2.35. The van der Waals surface area contributed by atoms with Crippen molar-refractivity contribution in [1.82, 2.24) is 0 Å². The number of aliphatic hydroxyl groups excluding tert-OH is 1. The zero-order chi connectivity index (χ0) is 13.8. The highest BCUT2D eigenvalue weighted by Crippen LogP contribution is 2.11. The molecule has 0 bridgehead atoms. The van der Waals surface area contributed by atoms with Gasteiger partial charge in [-0.15, -0.1) is 12.6 Å². The van der Waals surface area contributed by atoms with Crippen molar-refractivity contribution in [2.24, 2.45) is 0 Å². The third-order valence-corrected chi connectivity index (χ3v) is 3.74. The van der Waals surface area contributed by atoms with Crippen molar-refractivity contribution in [3.8, 4) is 0 Å². The molecule has 106 valence electrons. The van der Waals surface area contributed by atoms with Gasteiger partial charge in [-0.3, -0.25) is 4.79 Å². The number of aliphatic hydroxyl groups is 1. The van der Waals surface area contributed by atoms with Crippen LogP contribution in [0.25, 0.3) is 0 Å². The van der Waals surface area contributed by atoms with Crippen LogP contribution in [-0.4, -0.2) is 21.2 Å². The van der Waals surface area contributed by atoms with Gasteiger partial charge in [0.25, 0.3) is 0 Å². The van der Waals surface area contributed by atoms with Crippen molar-refractivity contribution in [3.63, 3.8) is 0 Å². The van der Waals surface area contributed by atoms with Crippen molar-refractivity contribution >= 4 is 34.8 Å². The van der Waals surface area contributed by atoms with E-state index in [1.54, 1.807) is 0 Å². The van der Waals surface area contributed by atoms with Crippen molar-refractivity contribution in [2.75, 3.05) is 0 Å². The zero-order valence-electron chi connectivity index (χ0n) is 11.4. The molecule has 4 heteroatoms. The molecule has 1 atom stereocenters. The minimum absolute atomic E-state index is 0.429. The number of thiocarbonyl (C=S) groups is 1. The second kappa shape index (κ2) is 12.1. The van der Waals surface area contributed by atoms with Crippen LogP contribution in [0.15, 0.2) is 0 Å². The topological polar surface area (TPSA) is 37.3 Å². The molecule has 0 aliphatic rings. The number of carbonyl (C=O) groups excluding carboxylic acids is 1. The number of carbonyl (C=O) groups is 1. The van der Waals surface area contributed by atoms with Gasteiger partial charge >= 0.3 is 0 Å². The van der Waals surface area contributed by atoms with E-state index in [0.717, 1.165) is 12.8 Å². The van der Waals surface area contributed by atoms with Gasteiger partial charge in [0.1, 0.15) is 0 Å². The number of unbranched alkanes of at least 4 members (excludes halogenated alkanes) is 8. The first-order valence-corrected chi connectivity index (χ1v) is 7.88. The maximum Gasteiger partial charge on any atom is 0.219 e. The molecule has 0 amide bonds. The second-order valence-electron chi connectivity index (χ2n) is 4.79. The molecule has 1 N–H and O–H groups in total. The molecule has 0 aromatic heterocycles. The standard InChI is InChI=1S/C14H26O2S2/c1-2-3-4-5-6-7-8-9-10-11-12(17)13(15)14(16)18/h13,15H,2-11H2,1H3,(H,16,18)/t13-/m1/s1. The smallest absolute Gasteiger partial charge is 0.219 e. The predicted molar refractivity (Wildman–Crippen MR) is 84.4 cm³/mol. The summed E-state index contributed by atoms with van der Waals surface area (Å²) in [5, 5.41) is 8.81. The van der Waals surface area contributed by atoms with Crippen LogP contribution >= 0.6 is 24.8 Å². The molecule has 0 aliphatic carbocycles. The van der Waals surface area contributed by atoms with Crippen LogP contribution in [0.2, 0.25) is 0 Å². The molecule has 0 unspecified atom stereocenters. The Balaban J connectivity index is 3.30. The molecule has 18 heavy (non-hydrogen) atoms. The molecule has 0 rings (SSSR count). The fourth-order valence-electron chi connectivity index (χ4n) is 1.88. The molecular formula is C14H26O2S2. The van der Waals surface area contributed by atoms with Gasteiger partial charge < -0.3 is 5.11 Å². The molecule has 0 saturated carbocycles. The summed E-state index contributed by atoms with van der Waals surface area (Å²) in [4.78, 5) is 11.2. The van der Waals surface area contributed by atoms with Gasteiger partial charge in [-0.2, -0.15) is 0 Å². The minimum atomic E-state index is -1.16. The Bertz CT molecular complexity index is 242. The number of hydrogen-bond donors (Lipinski definition) is 2. The first-order chi connectivity index (χ1) is 8.59. The summed E-state index contributed by atoms with van der Waals surface area (Å²) in [7, 11) is 0.